The van der Waals surface area contributed by atoms with Gasteiger partial charge in [-0.1, -0.05) is 20.8 Å². The summed E-state index contributed by atoms with van der Waals surface area (Å²) in [6.45, 7) is 8.09. The van der Waals surface area contributed by atoms with Crippen LogP contribution in [-0.4, -0.2) is 38.4 Å². The van der Waals surface area contributed by atoms with Crippen LogP contribution < -0.4 is 11.2 Å². The third kappa shape index (κ3) is 4.00. The van der Waals surface area contributed by atoms with Crippen molar-refractivity contribution in [3.05, 3.63) is 38.2 Å². The predicted molar refractivity (Wildman–Crippen MR) is 112 cm³/mol. The van der Waals surface area contributed by atoms with Crippen molar-refractivity contribution in [3.63, 3.8) is 0 Å². The van der Waals surface area contributed by atoms with Gasteiger partial charge in [0.25, 0.3) is 11.5 Å². The van der Waals surface area contributed by atoms with Gasteiger partial charge in [-0.05, 0) is 50.0 Å². The first-order chi connectivity index (χ1) is 13.8. The number of carbonyl (C=O) groups is 1. The number of hydrogen-bond donors (Lipinski definition) is 1. The molecule has 1 amide bonds. The minimum Gasteiger partial charge on any atom is -0.339 e. The number of fused-ring (bicyclic) bond motifs is 1. The largest absolute Gasteiger partial charge is 0.339 e. The predicted octanol–water partition coefficient (Wildman–Crippen LogP) is 2.88. The number of aromatic nitrogens is 3. The molecule has 3 heterocycles. The Balaban J connectivity index is 1.89. The first-order valence-electron chi connectivity index (χ1n) is 10.8. The van der Waals surface area contributed by atoms with Gasteiger partial charge in [0, 0.05) is 31.2 Å². The van der Waals surface area contributed by atoms with Gasteiger partial charge in [-0.25, -0.2) is 9.78 Å². The van der Waals surface area contributed by atoms with E-state index in [1.165, 1.54) is 4.57 Å². The molecule has 1 N–H and O–H groups in total. The van der Waals surface area contributed by atoms with Gasteiger partial charge in [0.2, 0.25) is 0 Å². The second-order valence-electron chi connectivity index (χ2n) is 9.16. The highest BCUT2D eigenvalue weighted by Gasteiger charge is 2.30. The third-order valence-corrected chi connectivity index (χ3v) is 6.05. The lowest BCUT2D eigenvalue weighted by molar-refractivity contribution is 0.0762. The van der Waals surface area contributed by atoms with E-state index in [4.69, 9.17) is 4.98 Å². The fraction of sp³-hybridized carbons (Fsp3) is 0.636. The van der Waals surface area contributed by atoms with Crippen molar-refractivity contribution >= 4 is 16.9 Å². The second-order valence-corrected chi connectivity index (χ2v) is 9.16. The van der Waals surface area contributed by atoms with E-state index in [0.29, 0.717) is 42.7 Å². The number of carbonyl (C=O) groups excluding carboxylic acids is 1. The molecule has 2 aromatic heterocycles. The molecule has 0 radical (unpaired) electrons. The maximum absolute atomic E-state index is 13.5. The number of likely N-dealkylation sites (tertiary alicyclic amines) is 1. The Hall–Kier alpha value is -2.44. The van der Waals surface area contributed by atoms with Crippen LogP contribution in [0.2, 0.25) is 0 Å². The maximum Gasteiger partial charge on any atom is 0.330 e. The lowest BCUT2D eigenvalue weighted by atomic mass is 10.0. The Morgan fingerprint density at radius 2 is 1.97 bits per heavy atom. The van der Waals surface area contributed by atoms with Crippen molar-refractivity contribution < 1.29 is 4.79 Å². The SMILES string of the molecule is CC(C)Cn1c(=O)[nH]c(=O)c2c(C(=O)N3CCCC(C)CC3)cc(C3CC3)nc21. The standard InChI is InChI=1S/C22H30N4O3/c1-13(2)12-26-19-18(20(27)24-22(26)29)16(11-17(23-19)15-6-7-15)21(28)25-9-4-5-14(3)8-10-25/h11,13-15H,4-10,12H2,1-3H3,(H,24,27,29). The minimum atomic E-state index is -0.522. The first kappa shape index (κ1) is 19.9. The molecule has 2 aromatic rings. The fourth-order valence-corrected chi connectivity index (χ4v) is 4.22. The van der Waals surface area contributed by atoms with E-state index < -0.39 is 11.2 Å². The van der Waals surface area contributed by atoms with Crippen LogP contribution in [0.1, 0.15) is 74.8 Å². The zero-order valence-corrected chi connectivity index (χ0v) is 17.5. The number of hydrogen-bond acceptors (Lipinski definition) is 4. The van der Waals surface area contributed by atoms with Crippen LogP contribution in [0.25, 0.3) is 11.0 Å². The quantitative estimate of drug-likeness (QED) is 0.858. The molecule has 2 aliphatic rings. The summed E-state index contributed by atoms with van der Waals surface area (Å²) in [5.41, 5.74) is 0.588. The number of aromatic amines is 1. The number of rotatable bonds is 4. The topological polar surface area (TPSA) is 88.1 Å². The Morgan fingerprint density at radius 1 is 1.21 bits per heavy atom. The molecule has 0 bridgehead atoms. The molecule has 1 atom stereocenters. The summed E-state index contributed by atoms with van der Waals surface area (Å²) in [5.74, 6) is 1.01. The summed E-state index contributed by atoms with van der Waals surface area (Å²) in [6.07, 6.45) is 5.12. The molecule has 1 aliphatic carbocycles. The smallest absolute Gasteiger partial charge is 0.330 e. The van der Waals surface area contributed by atoms with Gasteiger partial charge in [-0.3, -0.25) is 19.1 Å². The van der Waals surface area contributed by atoms with Crippen LogP contribution in [0.5, 0.6) is 0 Å². The molecule has 1 aliphatic heterocycles. The van der Waals surface area contributed by atoms with Crippen molar-refractivity contribution in [2.45, 2.75) is 65.3 Å². The van der Waals surface area contributed by atoms with Gasteiger partial charge in [-0.15, -0.1) is 0 Å². The van der Waals surface area contributed by atoms with Crippen LogP contribution in [0.15, 0.2) is 15.7 Å². The number of H-pyrrole nitrogens is 1. The van der Waals surface area contributed by atoms with Crippen molar-refractivity contribution in [1.29, 1.82) is 0 Å². The van der Waals surface area contributed by atoms with E-state index in [0.717, 1.165) is 37.8 Å². The molecular weight excluding hydrogens is 368 g/mol. The van der Waals surface area contributed by atoms with Gasteiger partial charge in [-0.2, -0.15) is 0 Å². The molecule has 0 spiro atoms. The Bertz CT molecular complexity index is 1050. The molecule has 1 unspecified atom stereocenters. The summed E-state index contributed by atoms with van der Waals surface area (Å²) in [5, 5.41) is 0.247. The average molecular weight is 399 g/mol. The van der Waals surface area contributed by atoms with E-state index in [1.807, 2.05) is 18.7 Å². The van der Waals surface area contributed by atoms with E-state index >= 15 is 0 Å². The zero-order chi connectivity index (χ0) is 20.7. The highest BCUT2D eigenvalue weighted by Crippen LogP contribution is 2.40. The molecule has 1 saturated carbocycles. The Labute approximate surface area is 170 Å². The van der Waals surface area contributed by atoms with Crippen molar-refractivity contribution in [2.24, 2.45) is 11.8 Å². The van der Waals surface area contributed by atoms with Crippen LogP contribution >= 0.6 is 0 Å². The second kappa shape index (κ2) is 7.76. The van der Waals surface area contributed by atoms with Crippen LogP contribution in [0, 0.1) is 11.8 Å². The van der Waals surface area contributed by atoms with Crippen LogP contribution in [-0.2, 0) is 6.54 Å². The maximum atomic E-state index is 13.5. The van der Waals surface area contributed by atoms with Gasteiger partial charge in [0.1, 0.15) is 0 Å². The fourth-order valence-electron chi connectivity index (χ4n) is 4.22. The van der Waals surface area contributed by atoms with Crippen LogP contribution in [0.4, 0.5) is 0 Å². The summed E-state index contributed by atoms with van der Waals surface area (Å²) >= 11 is 0. The minimum absolute atomic E-state index is 0.117. The van der Waals surface area contributed by atoms with Gasteiger partial charge >= 0.3 is 5.69 Å². The molecule has 0 aromatic carbocycles. The Morgan fingerprint density at radius 3 is 2.66 bits per heavy atom. The van der Waals surface area contributed by atoms with Gasteiger partial charge < -0.3 is 4.90 Å². The molecule has 156 valence electrons. The molecule has 7 heteroatoms. The van der Waals surface area contributed by atoms with E-state index in [-0.39, 0.29) is 17.2 Å². The van der Waals surface area contributed by atoms with Gasteiger partial charge in [0.15, 0.2) is 5.65 Å². The summed E-state index contributed by atoms with van der Waals surface area (Å²) < 4.78 is 1.52. The average Bonchev–Trinajstić information content (AvgIpc) is 3.51. The summed E-state index contributed by atoms with van der Waals surface area (Å²) in [4.78, 5) is 47.8. The summed E-state index contributed by atoms with van der Waals surface area (Å²) in [6, 6.07) is 1.80. The lowest BCUT2D eigenvalue weighted by Crippen LogP contribution is -2.36. The molecule has 29 heavy (non-hydrogen) atoms. The van der Waals surface area contributed by atoms with Crippen molar-refractivity contribution in [3.8, 4) is 0 Å². The normalized spacial score (nSPS) is 20.3. The summed E-state index contributed by atoms with van der Waals surface area (Å²) in [7, 11) is 0. The zero-order valence-electron chi connectivity index (χ0n) is 17.5. The van der Waals surface area contributed by atoms with Crippen molar-refractivity contribution in [1.82, 2.24) is 19.4 Å². The monoisotopic (exact) mass is 398 g/mol. The van der Waals surface area contributed by atoms with E-state index in [1.54, 1.807) is 6.07 Å². The van der Waals surface area contributed by atoms with Crippen molar-refractivity contribution in [2.75, 3.05) is 13.1 Å². The molecule has 7 nitrogen and oxygen atoms in total. The third-order valence-electron chi connectivity index (χ3n) is 6.05. The molecule has 1 saturated heterocycles. The van der Waals surface area contributed by atoms with E-state index in [2.05, 4.69) is 11.9 Å². The number of pyridine rings is 1. The molecular formula is C22H30N4O3. The van der Waals surface area contributed by atoms with E-state index in [9.17, 15) is 14.4 Å². The van der Waals surface area contributed by atoms with Crippen LogP contribution in [0.3, 0.4) is 0 Å². The van der Waals surface area contributed by atoms with Gasteiger partial charge in [0.05, 0.1) is 10.9 Å². The molecule has 2 fully saturated rings. The lowest BCUT2D eigenvalue weighted by Gasteiger charge is -2.22. The first-order valence-corrected chi connectivity index (χ1v) is 10.8. The number of nitrogens with one attached hydrogen (secondary N) is 1. The highest BCUT2D eigenvalue weighted by atomic mass is 16.2. The highest BCUT2D eigenvalue weighted by molar-refractivity contribution is 6.05. The Kier molecular flexibility index (Phi) is 5.32. The molecule has 4 rings (SSSR count). The number of amides is 1. The number of nitrogens with zero attached hydrogens (tertiary/aromatic N) is 3.